The van der Waals surface area contributed by atoms with Crippen LogP contribution < -0.4 is 0 Å². The molecule has 1 aliphatic rings. The van der Waals surface area contributed by atoms with Gasteiger partial charge in [-0.25, -0.2) is 0 Å². The zero-order chi connectivity index (χ0) is 19.2. The fourth-order valence-corrected chi connectivity index (χ4v) is 3.31. The summed E-state index contributed by atoms with van der Waals surface area (Å²) < 4.78 is 5.39. The Bertz CT molecular complexity index is 733. The molecule has 2 heterocycles. The third-order valence-corrected chi connectivity index (χ3v) is 5.36. The van der Waals surface area contributed by atoms with Crippen LogP contribution in [0.1, 0.15) is 38.1 Å². The standard InChI is InChI=1S/C21H30N4O2/c1-4-17(3)21(26)25-14-12-24(13-15-25)11-5-6-19-22-20(23-27-19)18-9-7-16(2)8-10-18/h7-10,17H,4-6,11-15H2,1-3H3/t17-/m1/s1. The molecule has 3 rings (SSSR count). The van der Waals surface area contributed by atoms with E-state index in [2.05, 4.69) is 41.0 Å². The fraction of sp³-hybridized carbons (Fsp3) is 0.571. The van der Waals surface area contributed by atoms with Crippen molar-refractivity contribution in [1.29, 1.82) is 0 Å². The van der Waals surface area contributed by atoms with Crippen LogP contribution in [-0.2, 0) is 11.2 Å². The van der Waals surface area contributed by atoms with Crippen molar-refractivity contribution >= 4 is 5.91 Å². The third kappa shape index (κ3) is 5.16. The first-order valence-electron chi connectivity index (χ1n) is 9.97. The van der Waals surface area contributed by atoms with Crippen LogP contribution in [0, 0.1) is 12.8 Å². The van der Waals surface area contributed by atoms with E-state index in [9.17, 15) is 4.79 Å². The van der Waals surface area contributed by atoms with Crippen molar-refractivity contribution in [2.45, 2.75) is 40.0 Å². The monoisotopic (exact) mass is 370 g/mol. The molecule has 1 aromatic carbocycles. The van der Waals surface area contributed by atoms with Crippen molar-refractivity contribution in [2.75, 3.05) is 32.7 Å². The summed E-state index contributed by atoms with van der Waals surface area (Å²) in [5.41, 5.74) is 2.20. The van der Waals surface area contributed by atoms with Crippen LogP contribution >= 0.6 is 0 Å². The Balaban J connectivity index is 1.41. The molecule has 1 fully saturated rings. The quantitative estimate of drug-likeness (QED) is 0.749. The average Bonchev–Trinajstić information content (AvgIpc) is 3.17. The lowest BCUT2D eigenvalue weighted by Crippen LogP contribution is -2.50. The summed E-state index contributed by atoms with van der Waals surface area (Å²) in [4.78, 5) is 21.2. The third-order valence-electron chi connectivity index (χ3n) is 5.36. The van der Waals surface area contributed by atoms with Crippen LogP contribution in [0.2, 0.25) is 0 Å². The van der Waals surface area contributed by atoms with Gasteiger partial charge in [-0.2, -0.15) is 4.98 Å². The van der Waals surface area contributed by atoms with Crippen LogP contribution in [0.5, 0.6) is 0 Å². The molecular formula is C21H30N4O2. The first-order valence-corrected chi connectivity index (χ1v) is 9.97. The lowest BCUT2D eigenvalue weighted by atomic mass is 10.1. The Morgan fingerprint density at radius 2 is 1.89 bits per heavy atom. The van der Waals surface area contributed by atoms with Crippen LogP contribution in [-0.4, -0.2) is 58.6 Å². The highest BCUT2D eigenvalue weighted by Crippen LogP contribution is 2.17. The predicted octanol–water partition coefficient (Wildman–Crippen LogP) is 3.17. The second-order valence-electron chi connectivity index (χ2n) is 7.46. The number of carbonyl (C=O) groups is 1. The fourth-order valence-electron chi connectivity index (χ4n) is 3.31. The molecule has 0 radical (unpaired) electrons. The first kappa shape index (κ1) is 19.5. The Kier molecular flexibility index (Phi) is 6.61. The molecule has 1 saturated heterocycles. The van der Waals surface area contributed by atoms with Gasteiger partial charge in [-0.15, -0.1) is 0 Å². The topological polar surface area (TPSA) is 62.5 Å². The summed E-state index contributed by atoms with van der Waals surface area (Å²) in [5, 5.41) is 4.09. The number of nitrogens with zero attached hydrogens (tertiary/aromatic N) is 4. The van der Waals surface area contributed by atoms with Crippen molar-refractivity contribution in [1.82, 2.24) is 19.9 Å². The van der Waals surface area contributed by atoms with Crippen molar-refractivity contribution in [3.63, 3.8) is 0 Å². The number of hydrogen-bond acceptors (Lipinski definition) is 5. The number of aromatic nitrogens is 2. The van der Waals surface area contributed by atoms with Crippen LogP contribution in [0.4, 0.5) is 0 Å². The Morgan fingerprint density at radius 3 is 2.56 bits per heavy atom. The molecule has 0 N–H and O–H groups in total. The maximum atomic E-state index is 12.3. The number of amides is 1. The molecule has 0 aliphatic carbocycles. The molecule has 1 amide bonds. The minimum atomic E-state index is 0.136. The minimum absolute atomic E-state index is 0.136. The van der Waals surface area contributed by atoms with Gasteiger partial charge in [0.1, 0.15) is 0 Å². The van der Waals surface area contributed by atoms with E-state index < -0.39 is 0 Å². The van der Waals surface area contributed by atoms with Gasteiger partial charge in [0.15, 0.2) is 0 Å². The number of aryl methyl sites for hydroxylation is 2. The molecule has 1 aliphatic heterocycles. The van der Waals surface area contributed by atoms with Crippen LogP contribution in [0.15, 0.2) is 28.8 Å². The molecule has 6 heteroatoms. The van der Waals surface area contributed by atoms with Gasteiger partial charge in [0.2, 0.25) is 17.6 Å². The van der Waals surface area contributed by atoms with Crippen LogP contribution in [0.3, 0.4) is 0 Å². The lowest BCUT2D eigenvalue weighted by molar-refractivity contribution is -0.136. The average molecular weight is 370 g/mol. The van der Waals surface area contributed by atoms with E-state index in [1.807, 2.05) is 24.0 Å². The van der Waals surface area contributed by atoms with E-state index in [0.29, 0.717) is 17.6 Å². The SMILES string of the molecule is CC[C@@H](C)C(=O)N1CCN(CCCc2nc(-c3ccc(C)cc3)no2)CC1. The molecule has 6 nitrogen and oxygen atoms in total. The molecule has 27 heavy (non-hydrogen) atoms. The van der Waals surface area contributed by atoms with E-state index in [1.165, 1.54) is 5.56 Å². The molecule has 2 aromatic rings. The zero-order valence-electron chi connectivity index (χ0n) is 16.6. The van der Waals surface area contributed by atoms with Gasteiger partial charge < -0.3 is 9.42 Å². The summed E-state index contributed by atoms with van der Waals surface area (Å²) in [7, 11) is 0. The van der Waals surface area contributed by atoms with Crippen molar-refractivity contribution in [3.8, 4) is 11.4 Å². The van der Waals surface area contributed by atoms with Gasteiger partial charge in [0.25, 0.3) is 0 Å². The van der Waals surface area contributed by atoms with E-state index in [-0.39, 0.29) is 5.92 Å². The van der Waals surface area contributed by atoms with Crippen molar-refractivity contribution in [2.24, 2.45) is 5.92 Å². The summed E-state index contributed by atoms with van der Waals surface area (Å²) in [6, 6.07) is 8.14. The first-order chi connectivity index (χ1) is 13.1. The molecular weight excluding hydrogens is 340 g/mol. The molecule has 0 bridgehead atoms. The predicted molar refractivity (Wildman–Crippen MR) is 105 cm³/mol. The van der Waals surface area contributed by atoms with E-state index in [1.54, 1.807) is 0 Å². The second-order valence-corrected chi connectivity index (χ2v) is 7.46. The molecule has 1 atom stereocenters. The minimum Gasteiger partial charge on any atom is -0.340 e. The van der Waals surface area contributed by atoms with E-state index in [4.69, 9.17) is 4.52 Å². The molecule has 1 aromatic heterocycles. The van der Waals surface area contributed by atoms with Crippen molar-refractivity contribution in [3.05, 3.63) is 35.7 Å². The summed E-state index contributed by atoms with van der Waals surface area (Å²) in [5.74, 6) is 1.78. The number of benzene rings is 1. The van der Waals surface area contributed by atoms with Gasteiger partial charge in [-0.3, -0.25) is 9.69 Å². The maximum Gasteiger partial charge on any atom is 0.227 e. The molecule has 146 valence electrons. The molecule has 0 saturated carbocycles. The normalized spacial score (nSPS) is 16.5. The Hall–Kier alpha value is -2.21. The summed E-state index contributed by atoms with van der Waals surface area (Å²) in [6.45, 7) is 10.7. The van der Waals surface area contributed by atoms with Gasteiger partial charge in [-0.05, 0) is 26.3 Å². The highest BCUT2D eigenvalue weighted by molar-refractivity contribution is 5.78. The van der Waals surface area contributed by atoms with E-state index in [0.717, 1.165) is 57.5 Å². The zero-order valence-corrected chi connectivity index (χ0v) is 16.6. The number of rotatable bonds is 7. The van der Waals surface area contributed by atoms with Crippen LogP contribution in [0.25, 0.3) is 11.4 Å². The molecule has 0 unspecified atom stereocenters. The summed E-state index contributed by atoms with van der Waals surface area (Å²) >= 11 is 0. The number of carbonyl (C=O) groups excluding carboxylic acids is 1. The largest absolute Gasteiger partial charge is 0.340 e. The van der Waals surface area contributed by atoms with E-state index >= 15 is 0 Å². The Labute approximate surface area is 161 Å². The number of piperazine rings is 1. The lowest BCUT2D eigenvalue weighted by Gasteiger charge is -2.35. The smallest absolute Gasteiger partial charge is 0.227 e. The highest BCUT2D eigenvalue weighted by Gasteiger charge is 2.23. The van der Waals surface area contributed by atoms with Gasteiger partial charge in [0, 0.05) is 44.1 Å². The maximum absolute atomic E-state index is 12.3. The van der Waals surface area contributed by atoms with Gasteiger partial charge in [0.05, 0.1) is 0 Å². The highest BCUT2D eigenvalue weighted by atomic mass is 16.5. The Morgan fingerprint density at radius 1 is 1.19 bits per heavy atom. The van der Waals surface area contributed by atoms with Gasteiger partial charge >= 0.3 is 0 Å². The number of hydrogen-bond donors (Lipinski definition) is 0. The summed E-state index contributed by atoms with van der Waals surface area (Å²) in [6.07, 6.45) is 2.67. The van der Waals surface area contributed by atoms with Gasteiger partial charge in [-0.1, -0.05) is 48.8 Å². The van der Waals surface area contributed by atoms with Crippen molar-refractivity contribution < 1.29 is 9.32 Å². The molecule has 0 spiro atoms. The second kappa shape index (κ2) is 9.13.